The molecule has 1 aliphatic rings. The van der Waals surface area contributed by atoms with Crippen molar-refractivity contribution < 1.29 is 24.2 Å². The molecule has 2 rings (SSSR count). The molecule has 0 atom stereocenters. The molecule has 1 aliphatic heterocycles. The summed E-state index contributed by atoms with van der Waals surface area (Å²) in [4.78, 5) is 22.5. The number of hydrogen-bond acceptors (Lipinski definition) is 4. The van der Waals surface area contributed by atoms with Crippen molar-refractivity contribution in [3.05, 3.63) is 46.9 Å². The van der Waals surface area contributed by atoms with Gasteiger partial charge in [-0.1, -0.05) is 24.3 Å². The third-order valence-electron chi connectivity index (χ3n) is 2.39. The Morgan fingerprint density at radius 1 is 1.11 bits per heavy atom. The Bertz CT molecular complexity index is 568. The van der Waals surface area contributed by atoms with E-state index in [1.807, 2.05) is 0 Å². The molecule has 0 saturated carbocycles. The summed E-state index contributed by atoms with van der Waals surface area (Å²) in [5.74, 6) is -2.45. The lowest BCUT2D eigenvalue weighted by atomic mass is 10.1. The number of benzene rings is 1. The zero-order valence-corrected chi connectivity index (χ0v) is 9.54. The van der Waals surface area contributed by atoms with Crippen LogP contribution in [0.3, 0.4) is 0 Å². The molecule has 0 aliphatic carbocycles. The lowest BCUT2D eigenvalue weighted by molar-refractivity contribution is -0.141. The van der Waals surface area contributed by atoms with Crippen LogP contribution >= 0.6 is 0 Å². The number of carboxylic acid groups (broad SMARTS) is 1. The summed E-state index contributed by atoms with van der Waals surface area (Å²) < 4.78 is 9.59. The van der Waals surface area contributed by atoms with E-state index in [4.69, 9.17) is 9.84 Å². The van der Waals surface area contributed by atoms with Crippen LogP contribution in [-0.4, -0.2) is 24.2 Å². The average molecular weight is 246 g/mol. The maximum atomic E-state index is 11.5. The molecular formula is C13H10O5. The van der Waals surface area contributed by atoms with E-state index in [-0.39, 0.29) is 11.5 Å². The van der Waals surface area contributed by atoms with Crippen LogP contribution in [0.15, 0.2) is 35.8 Å². The maximum Gasteiger partial charge on any atom is 0.373 e. The Labute approximate surface area is 103 Å². The van der Waals surface area contributed by atoms with E-state index in [0.29, 0.717) is 11.1 Å². The van der Waals surface area contributed by atoms with Gasteiger partial charge in [0.05, 0.1) is 7.11 Å². The Hall–Kier alpha value is -2.56. The molecule has 0 saturated heterocycles. The van der Waals surface area contributed by atoms with Gasteiger partial charge in [0.15, 0.2) is 0 Å². The van der Waals surface area contributed by atoms with Gasteiger partial charge in [-0.3, -0.25) is 0 Å². The van der Waals surface area contributed by atoms with Gasteiger partial charge in [0.25, 0.3) is 0 Å². The van der Waals surface area contributed by atoms with Gasteiger partial charge in [0, 0.05) is 0 Å². The number of carbonyl (C=O) groups is 2. The summed E-state index contributed by atoms with van der Waals surface area (Å²) in [5, 5.41) is 8.99. The molecule has 0 unspecified atom stereocenters. The van der Waals surface area contributed by atoms with Crippen molar-refractivity contribution in [2.75, 3.05) is 7.11 Å². The van der Waals surface area contributed by atoms with E-state index < -0.39 is 11.9 Å². The Morgan fingerprint density at radius 2 is 1.67 bits per heavy atom. The largest absolute Gasteiger partial charge is 0.475 e. The van der Waals surface area contributed by atoms with Gasteiger partial charge in [-0.05, 0) is 23.3 Å². The standard InChI is InChI=1S/C13H10O5/c1-17-13(16)11-7-9-5-3-2-4-8(9)6-10(18-11)12(14)15/h2-7H,1H3,(H,14,15). The quantitative estimate of drug-likeness (QED) is 0.803. The van der Waals surface area contributed by atoms with Crippen LogP contribution in [0.2, 0.25) is 0 Å². The van der Waals surface area contributed by atoms with Gasteiger partial charge in [-0.2, -0.15) is 0 Å². The number of methoxy groups -OCH3 is 1. The zero-order chi connectivity index (χ0) is 13.1. The highest BCUT2D eigenvalue weighted by atomic mass is 16.6. The highest BCUT2D eigenvalue weighted by Gasteiger charge is 2.21. The number of aliphatic carboxylic acids is 1. The first-order chi connectivity index (χ1) is 8.61. The van der Waals surface area contributed by atoms with E-state index in [1.54, 1.807) is 24.3 Å². The minimum atomic E-state index is -1.25. The van der Waals surface area contributed by atoms with Crippen LogP contribution < -0.4 is 0 Å². The molecule has 0 radical (unpaired) electrons. The highest BCUT2D eigenvalue weighted by molar-refractivity contribution is 5.97. The topological polar surface area (TPSA) is 72.8 Å². The van der Waals surface area contributed by atoms with Gasteiger partial charge >= 0.3 is 11.9 Å². The van der Waals surface area contributed by atoms with Crippen molar-refractivity contribution >= 4 is 24.1 Å². The predicted molar refractivity (Wildman–Crippen MR) is 63.1 cm³/mol. The van der Waals surface area contributed by atoms with Crippen molar-refractivity contribution in [1.29, 1.82) is 0 Å². The van der Waals surface area contributed by atoms with Crippen molar-refractivity contribution in [3.63, 3.8) is 0 Å². The molecule has 5 nitrogen and oxygen atoms in total. The Kier molecular flexibility index (Phi) is 3.14. The number of carbonyl (C=O) groups excluding carboxylic acids is 1. The maximum absolute atomic E-state index is 11.5. The van der Waals surface area contributed by atoms with Crippen molar-refractivity contribution in [3.8, 4) is 0 Å². The molecule has 0 aromatic heterocycles. The number of esters is 1. The van der Waals surface area contributed by atoms with Gasteiger partial charge in [-0.15, -0.1) is 0 Å². The predicted octanol–water partition coefficient (Wildman–Crippen LogP) is 1.66. The fourth-order valence-corrected chi connectivity index (χ4v) is 1.54. The molecule has 1 N–H and O–H groups in total. The van der Waals surface area contributed by atoms with E-state index in [9.17, 15) is 9.59 Å². The van der Waals surface area contributed by atoms with Gasteiger partial charge in [0.2, 0.25) is 11.5 Å². The van der Waals surface area contributed by atoms with Crippen molar-refractivity contribution in [1.82, 2.24) is 0 Å². The third kappa shape index (κ3) is 2.24. The number of ether oxygens (including phenoxy) is 2. The molecule has 92 valence electrons. The first kappa shape index (κ1) is 11.9. The van der Waals surface area contributed by atoms with Crippen LogP contribution in [-0.2, 0) is 19.1 Å². The van der Waals surface area contributed by atoms with Crippen LogP contribution in [0.5, 0.6) is 0 Å². The van der Waals surface area contributed by atoms with Gasteiger partial charge in [-0.25, -0.2) is 9.59 Å². The Morgan fingerprint density at radius 3 is 2.17 bits per heavy atom. The van der Waals surface area contributed by atoms with E-state index >= 15 is 0 Å². The summed E-state index contributed by atoms with van der Waals surface area (Å²) in [7, 11) is 1.20. The second-order valence-corrected chi connectivity index (χ2v) is 3.54. The molecule has 5 heteroatoms. The molecule has 0 spiro atoms. The first-order valence-corrected chi connectivity index (χ1v) is 5.13. The smallest absolute Gasteiger partial charge is 0.373 e. The van der Waals surface area contributed by atoms with Crippen LogP contribution in [0.1, 0.15) is 11.1 Å². The Balaban J connectivity index is 2.56. The highest BCUT2D eigenvalue weighted by Crippen LogP contribution is 2.24. The molecule has 1 aromatic carbocycles. The summed E-state index contributed by atoms with van der Waals surface area (Å²) in [6, 6.07) is 7.04. The first-order valence-electron chi connectivity index (χ1n) is 5.13. The zero-order valence-electron chi connectivity index (χ0n) is 9.54. The molecule has 1 heterocycles. The van der Waals surface area contributed by atoms with Crippen LogP contribution in [0, 0.1) is 0 Å². The third-order valence-corrected chi connectivity index (χ3v) is 2.39. The molecular weight excluding hydrogens is 236 g/mol. The fourth-order valence-electron chi connectivity index (χ4n) is 1.54. The lowest BCUT2D eigenvalue weighted by Gasteiger charge is -2.06. The molecule has 0 bridgehead atoms. The van der Waals surface area contributed by atoms with Crippen LogP contribution in [0.25, 0.3) is 12.2 Å². The molecule has 1 aromatic rings. The van der Waals surface area contributed by atoms with E-state index in [0.717, 1.165) is 0 Å². The summed E-state index contributed by atoms with van der Waals surface area (Å²) in [5.41, 5.74) is 1.35. The minimum Gasteiger partial charge on any atom is -0.475 e. The number of fused-ring (bicyclic) bond motifs is 1. The average Bonchev–Trinajstić information content (AvgIpc) is 2.57. The SMILES string of the molecule is COC(=O)C1=Cc2ccccc2C=C(C(=O)O)O1. The molecule has 18 heavy (non-hydrogen) atoms. The summed E-state index contributed by atoms with van der Waals surface area (Å²) in [6.45, 7) is 0. The number of hydrogen-bond donors (Lipinski definition) is 1. The number of carboxylic acids is 1. The van der Waals surface area contributed by atoms with E-state index in [1.165, 1.54) is 19.3 Å². The second kappa shape index (κ2) is 4.75. The summed E-state index contributed by atoms with van der Waals surface area (Å²) >= 11 is 0. The molecule has 0 fully saturated rings. The number of rotatable bonds is 2. The van der Waals surface area contributed by atoms with Crippen LogP contribution in [0.4, 0.5) is 0 Å². The van der Waals surface area contributed by atoms with Gasteiger partial charge < -0.3 is 14.6 Å². The second-order valence-electron chi connectivity index (χ2n) is 3.54. The van der Waals surface area contributed by atoms with Crippen molar-refractivity contribution in [2.24, 2.45) is 0 Å². The van der Waals surface area contributed by atoms with Gasteiger partial charge in [0.1, 0.15) is 0 Å². The lowest BCUT2D eigenvalue weighted by Crippen LogP contribution is -2.11. The summed E-state index contributed by atoms with van der Waals surface area (Å²) in [6.07, 6.45) is 2.82. The van der Waals surface area contributed by atoms with Crippen molar-refractivity contribution in [2.45, 2.75) is 0 Å². The monoisotopic (exact) mass is 246 g/mol. The molecule has 0 amide bonds. The van der Waals surface area contributed by atoms with E-state index in [2.05, 4.69) is 4.74 Å². The minimum absolute atomic E-state index is 0.156. The fraction of sp³-hybridized carbons (Fsp3) is 0.0769. The normalized spacial score (nSPS) is 13.4.